The quantitative estimate of drug-likeness (QED) is 0.816. The number of allylic oxidation sites excluding steroid dienone is 1. The van der Waals surface area contributed by atoms with Crippen molar-refractivity contribution in [2.45, 2.75) is 32.8 Å². The van der Waals surface area contributed by atoms with E-state index in [2.05, 4.69) is 16.8 Å². The fraction of sp³-hybridized carbons (Fsp3) is 0.467. The van der Waals surface area contributed by atoms with E-state index in [1.807, 2.05) is 26.0 Å². The standard InChI is InChI=1S/C15H20N2O2/c1-4-7-14-13(5-2)11(3)16-17-15(14)19-10-12-8-6-9-18-12/h4-5,7,12H,2,6,8-10H2,1,3H3/b7-4-. The predicted octanol–water partition coefficient (Wildman–Crippen LogP) is 3.02. The highest BCUT2D eigenvalue weighted by Gasteiger charge is 2.18. The molecule has 0 bridgehead atoms. The van der Waals surface area contributed by atoms with E-state index in [4.69, 9.17) is 9.47 Å². The molecule has 1 aromatic rings. The molecule has 0 radical (unpaired) electrons. The molecular formula is C15H20N2O2. The Kier molecular flexibility index (Phi) is 4.68. The van der Waals surface area contributed by atoms with Gasteiger partial charge in [0.05, 0.1) is 11.8 Å². The molecule has 0 aromatic carbocycles. The van der Waals surface area contributed by atoms with Crippen molar-refractivity contribution >= 4 is 12.2 Å². The predicted molar refractivity (Wildman–Crippen MR) is 76.0 cm³/mol. The third-order valence-corrected chi connectivity index (χ3v) is 3.17. The van der Waals surface area contributed by atoms with E-state index in [9.17, 15) is 0 Å². The number of hydrogen-bond donors (Lipinski definition) is 0. The van der Waals surface area contributed by atoms with Crippen molar-refractivity contribution in [2.75, 3.05) is 13.2 Å². The highest BCUT2D eigenvalue weighted by atomic mass is 16.5. The third kappa shape index (κ3) is 3.20. The molecule has 0 aliphatic carbocycles. The van der Waals surface area contributed by atoms with Gasteiger partial charge in [-0.3, -0.25) is 0 Å². The van der Waals surface area contributed by atoms with Crippen molar-refractivity contribution in [3.05, 3.63) is 29.5 Å². The van der Waals surface area contributed by atoms with E-state index >= 15 is 0 Å². The van der Waals surface area contributed by atoms with Crippen LogP contribution in [-0.2, 0) is 4.74 Å². The van der Waals surface area contributed by atoms with Crippen molar-refractivity contribution in [3.8, 4) is 5.88 Å². The summed E-state index contributed by atoms with van der Waals surface area (Å²) in [6, 6.07) is 0. The Hall–Kier alpha value is -1.68. The minimum Gasteiger partial charge on any atom is -0.473 e. The van der Waals surface area contributed by atoms with Gasteiger partial charge in [0.25, 0.3) is 0 Å². The largest absolute Gasteiger partial charge is 0.473 e. The molecule has 1 aliphatic heterocycles. The zero-order valence-electron chi connectivity index (χ0n) is 11.6. The summed E-state index contributed by atoms with van der Waals surface area (Å²) >= 11 is 0. The Morgan fingerprint density at radius 2 is 2.26 bits per heavy atom. The smallest absolute Gasteiger partial charge is 0.241 e. The zero-order chi connectivity index (χ0) is 13.7. The Morgan fingerprint density at radius 1 is 1.42 bits per heavy atom. The van der Waals surface area contributed by atoms with Crippen LogP contribution in [-0.4, -0.2) is 29.5 Å². The summed E-state index contributed by atoms with van der Waals surface area (Å²) in [5.41, 5.74) is 2.76. The lowest BCUT2D eigenvalue weighted by atomic mass is 10.1. The van der Waals surface area contributed by atoms with Crippen molar-refractivity contribution in [3.63, 3.8) is 0 Å². The molecule has 0 spiro atoms. The summed E-state index contributed by atoms with van der Waals surface area (Å²) in [5, 5.41) is 8.26. The minimum atomic E-state index is 0.175. The molecule has 1 aliphatic rings. The molecule has 1 atom stereocenters. The molecular weight excluding hydrogens is 240 g/mol. The molecule has 1 aromatic heterocycles. The van der Waals surface area contributed by atoms with Crippen molar-refractivity contribution in [2.24, 2.45) is 0 Å². The Labute approximate surface area is 114 Å². The highest BCUT2D eigenvalue weighted by molar-refractivity contribution is 5.68. The maximum Gasteiger partial charge on any atom is 0.241 e. The molecule has 4 heteroatoms. The molecule has 1 fully saturated rings. The fourth-order valence-electron chi connectivity index (χ4n) is 2.18. The molecule has 2 rings (SSSR count). The number of nitrogens with zero attached hydrogens (tertiary/aromatic N) is 2. The minimum absolute atomic E-state index is 0.175. The molecule has 0 N–H and O–H groups in total. The average molecular weight is 260 g/mol. The van der Waals surface area contributed by atoms with Gasteiger partial charge in [-0.1, -0.05) is 24.8 Å². The van der Waals surface area contributed by atoms with Gasteiger partial charge in [-0.15, -0.1) is 5.10 Å². The van der Waals surface area contributed by atoms with Crippen molar-refractivity contribution in [1.82, 2.24) is 10.2 Å². The molecule has 1 unspecified atom stereocenters. The second-order valence-corrected chi connectivity index (χ2v) is 4.57. The first kappa shape index (κ1) is 13.7. The summed E-state index contributed by atoms with van der Waals surface area (Å²) in [4.78, 5) is 0. The Balaban J connectivity index is 2.20. The monoisotopic (exact) mass is 260 g/mol. The van der Waals surface area contributed by atoms with E-state index in [0.29, 0.717) is 12.5 Å². The fourth-order valence-corrected chi connectivity index (χ4v) is 2.18. The van der Waals surface area contributed by atoms with Gasteiger partial charge in [0.15, 0.2) is 0 Å². The van der Waals surface area contributed by atoms with Crippen LogP contribution in [0, 0.1) is 6.92 Å². The number of rotatable bonds is 5. The second-order valence-electron chi connectivity index (χ2n) is 4.57. The van der Waals surface area contributed by atoms with Crippen LogP contribution in [0.25, 0.3) is 12.2 Å². The maximum absolute atomic E-state index is 5.77. The lowest BCUT2D eigenvalue weighted by Crippen LogP contribution is -2.17. The Morgan fingerprint density at radius 3 is 2.89 bits per heavy atom. The van der Waals surface area contributed by atoms with Crippen LogP contribution in [0.5, 0.6) is 5.88 Å². The first-order valence-electron chi connectivity index (χ1n) is 6.63. The van der Waals surface area contributed by atoms with Crippen LogP contribution in [0.1, 0.15) is 36.6 Å². The lowest BCUT2D eigenvalue weighted by molar-refractivity contribution is 0.0659. The van der Waals surface area contributed by atoms with E-state index in [1.165, 1.54) is 0 Å². The van der Waals surface area contributed by atoms with Crippen molar-refractivity contribution in [1.29, 1.82) is 0 Å². The van der Waals surface area contributed by atoms with Crippen LogP contribution < -0.4 is 4.74 Å². The molecule has 4 nitrogen and oxygen atoms in total. The van der Waals surface area contributed by atoms with Crippen LogP contribution >= 0.6 is 0 Å². The van der Waals surface area contributed by atoms with Gasteiger partial charge in [-0.2, -0.15) is 5.10 Å². The summed E-state index contributed by atoms with van der Waals surface area (Å²) in [7, 11) is 0. The molecule has 0 amide bonds. The van der Waals surface area contributed by atoms with E-state index in [0.717, 1.165) is 36.3 Å². The molecule has 102 valence electrons. The lowest BCUT2D eigenvalue weighted by Gasteiger charge is -2.14. The van der Waals surface area contributed by atoms with Crippen LogP contribution in [0.15, 0.2) is 12.7 Å². The van der Waals surface area contributed by atoms with Crippen LogP contribution in [0.4, 0.5) is 0 Å². The van der Waals surface area contributed by atoms with Gasteiger partial charge >= 0.3 is 0 Å². The molecule has 2 heterocycles. The van der Waals surface area contributed by atoms with Gasteiger partial charge in [0.2, 0.25) is 5.88 Å². The van der Waals surface area contributed by atoms with Crippen molar-refractivity contribution < 1.29 is 9.47 Å². The molecule has 0 saturated carbocycles. The number of aromatic nitrogens is 2. The van der Waals surface area contributed by atoms with Gasteiger partial charge in [-0.05, 0) is 26.7 Å². The van der Waals surface area contributed by atoms with Crippen LogP contribution in [0.2, 0.25) is 0 Å². The highest BCUT2D eigenvalue weighted by Crippen LogP contribution is 2.24. The number of ether oxygens (including phenoxy) is 2. The van der Waals surface area contributed by atoms with Gasteiger partial charge in [0.1, 0.15) is 6.61 Å². The second kappa shape index (κ2) is 6.48. The first-order chi connectivity index (χ1) is 9.26. The maximum atomic E-state index is 5.77. The topological polar surface area (TPSA) is 44.2 Å². The van der Waals surface area contributed by atoms with Gasteiger partial charge in [-0.25, -0.2) is 0 Å². The number of hydrogen-bond acceptors (Lipinski definition) is 4. The van der Waals surface area contributed by atoms with Crippen LogP contribution in [0.3, 0.4) is 0 Å². The summed E-state index contributed by atoms with van der Waals surface area (Å²) in [6.45, 7) is 9.07. The zero-order valence-corrected chi connectivity index (χ0v) is 11.6. The normalized spacial score (nSPS) is 18.9. The molecule has 1 saturated heterocycles. The van der Waals surface area contributed by atoms with E-state index in [1.54, 1.807) is 6.08 Å². The molecule has 19 heavy (non-hydrogen) atoms. The van der Waals surface area contributed by atoms with Gasteiger partial charge < -0.3 is 9.47 Å². The van der Waals surface area contributed by atoms with Gasteiger partial charge in [0, 0.05) is 17.7 Å². The Bertz CT molecular complexity index is 477. The summed E-state index contributed by atoms with van der Waals surface area (Å²) < 4.78 is 11.3. The summed E-state index contributed by atoms with van der Waals surface area (Å²) in [5.74, 6) is 0.550. The van der Waals surface area contributed by atoms with E-state index < -0.39 is 0 Å². The third-order valence-electron chi connectivity index (χ3n) is 3.17. The SMILES string of the molecule is C=Cc1c(C)nnc(OCC2CCCO2)c1/C=C\C. The summed E-state index contributed by atoms with van der Waals surface area (Å²) in [6.07, 6.45) is 8.05. The van der Waals surface area contributed by atoms with E-state index in [-0.39, 0.29) is 6.10 Å². The first-order valence-corrected chi connectivity index (χ1v) is 6.63. The average Bonchev–Trinajstić information content (AvgIpc) is 2.92. The number of aryl methyl sites for hydroxylation is 1.